The summed E-state index contributed by atoms with van der Waals surface area (Å²) >= 11 is 0. The topological polar surface area (TPSA) is 32.3 Å². The summed E-state index contributed by atoms with van der Waals surface area (Å²) in [7, 11) is 0. The Bertz CT molecular complexity index is 411. The molecule has 2 N–H and O–H groups in total. The van der Waals surface area contributed by atoms with Crippen LogP contribution in [-0.4, -0.2) is 17.3 Å². The normalized spacial score (nSPS) is 19.1. The molecule has 3 heteroatoms. The van der Waals surface area contributed by atoms with E-state index in [-0.39, 0.29) is 5.82 Å². The second kappa shape index (κ2) is 6.49. The van der Waals surface area contributed by atoms with Crippen molar-refractivity contribution in [1.82, 2.24) is 5.32 Å². The van der Waals surface area contributed by atoms with Crippen LogP contribution in [0.15, 0.2) is 18.2 Å². The molecule has 0 unspecified atom stereocenters. The van der Waals surface area contributed by atoms with E-state index in [4.69, 9.17) is 0 Å². The molecular weight excluding hydrogens is 241 g/mol. The van der Waals surface area contributed by atoms with Crippen molar-refractivity contribution in [3.05, 3.63) is 35.1 Å². The zero-order valence-corrected chi connectivity index (χ0v) is 11.7. The molecule has 1 aliphatic carbocycles. The third-order valence-electron chi connectivity index (χ3n) is 4.04. The Balaban J connectivity index is 1.83. The summed E-state index contributed by atoms with van der Waals surface area (Å²) in [6, 6.07) is 5.17. The zero-order valence-electron chi connectivity index (χ0n) is 11.7. The summed E-state index contributed by atoms with van der Waals surface area (Å²) in [6.45, 7) is 3.09. The first-order valence-electron chi connectivity index (χ1n) is 7.27. The highest BCUT2D eigenvalue weighted by molar-refractivity contribution is 5.23. The fourth-order valence-corrected chi connectivity index (χ4v) is 2.82. The summed E-state index contributed by atoms with van der Waals surface area (Å²) in [5.74, 6) is -0.161. The van der Waals surface area contributed by atoms with Crippen molar-refractivity contribution in [1.29, 1.82) is 0 Å². The lowest BCUT2D eigenvalue weighted by atomic mass is 9.94. The van der Waals surface area contributed by atoms with E-state index in [0.29, 0.717) is 18.7 Å². The van der Waals surface area contributed by atoms with Crippen molar-refractivity contribution in [3.8, 4) is 0 Å². The largest absolute Gasteiger partial charge is 0.389 e. The van der Waals surface area contributed by atoms with Crippen LogP contribution in [0.25, 0.3) is 0 Å². The molecule has 0 heterocycles. The Morgan fingerprint density at radius 1 is 1.21 bits per heavy atom. The van der Waals surface area contributed by atoms with Gasteiger partial charge in [0.2, 0.25) is 0 Å². The lowest BCUT2D eigenvalue weighted by molar-refractivity contribution is 0.0250. The highest BCUT2D eigenvalue weighted by atomic mass is 19.1. The molecule has 1 saturated carbocycles. The van der Waals surface area contributed by atoms with E-state index < -0.39 is 5.60 Å². The minimum absolute atomic E-state index is 0.161. The van der Waals surface area contributed by atoms with Gasteiger partial charge >= 0.3 is 0 Å². The van der Waals surface area contributed by atoms with Crippen molar-refractivity contribution < 1.29 is 9.50 Å². The van der Waals surface area contributed by atoms with Gasteiger partial charge in [-0.2, -0.15) is 0 Å². The van der Waals surface area contributed by atoms with Gasteiger partial charge in [0.05, 0.1) is 5.60 Å². The first-order valence-corrected chi connectivity index (χ1v) is 7.27. The molecule has 0 aromatic heterocycles. The van der Waals surface area contributed by atoms with Crippen LogP contribution < -0.4 is 5.32 Å². The predicted molar refractivity (Wildman–Crippen MR) is 75.5 cm³/mol. The van der Waals surface area contributed by atoms with Crippen molar-refractivity contribution >= 4 is 0 Å². The Labute approximate surface area is 115 Å². The molecule has 106 valence electrons. The number of aliphatic hydroxyl groups is 1. The lowest BCUT2D eigenvalue weighted by Gasteiger charge is -2.27. The lowest BCUT2D eigenvalue weighted by Crippen LogP contribution is -2.39. The van der Waals surface area contributed by atoms with Gasteiger partial charge in [0, 0.05) is 13.1 Å². The third kappa shape index (κ3) is 4.29. The Kier molecular flexibility index (Phi) is 4.94. The van der Waals surface area contributed by atoms with Gasteiger partial charge in [0.15, 0.2) is 0 Å². The second-order valence-electron chi connectivity index (χ2n) is 5.83. The highest BCUT2D eigenvalue weighted by Crippen LogP contribution is 2.26. The van der Waals surface area contributed by atoms with Crippen molar-refractivity contribution in [2.24, 2.45) is 0 Å². The van der Waals surface area contributed by atoms with Gasteiger partial charge in [0.25, 0.3) is 0 Å². The number of benzene rings is 1. The number of halogens is 1. The average molecular weight is 265 g/mol. The molecule has 0 radical (unpaired) electrons. The number of rotatable bonds is 4. The number of aryl methyl sites for hydroxylation is 1. The van der Waals surface area contributed by atoms with Crippen LogP contribution in [0.5, 0.6) is 0 Å². The van der Waals surface area contributed by atoms with Crippen LogP contribution in [-0.2, 0) is 6.54 Å². The van der Waals surface area contributed by atoms with E-state index in [1.165, 1.54) is 18.9 Å². The van der Waals surface area contributed by atoms with E-state index in [2.05, 4.69) is 5.32 Å². The maximum absolute atomic E-state index is 13.2. The van der Waals surface area contributed by atoms with Gasteiger partial charge in [-0.3, -0.25) is 0 Å². The maximum atomic E-state index is 13.2. The first-order chi connectivity index (χ1) is 9.09. The molecule has 1 aliphatic rings. The summed E-state index contributed by atoms with van der Waals surface area (Å²) in [6.07, 6.45) is 6.49. The number of nitrogens with one attached hydrogen (secondary N) is 1. The zero-order chi connectivity index (χ0) is 13.7. The number of hydrogen-bond donors (Lipinski definition) is 2. The van der Waals surface area contributed by atoms with Crippen LogP contribution in [0.3, 0.4) is 0 Å². The van der Waals surface area contributed by atoms with Crippen LogP contribution >= 0.6 is 0 Å². The average Bonchev–Trinajstić information content (AvgIpc) is 2.59. The quantitative estimate of drug-likeness (QED) is 0.819. The Morgan fingerprint density at radius 2 is 1.89 bits per heavy atom. The SMILES string of the molecule is Cc1cc(CNCC2(O)CCCCCC2)ccc1F. The van der Waals surface area contributed by atoms with Crippen LogP contribution in [0.2, 0.25) is 0 Å². The molecule has 1 aromatic carbocycles. The van der Waals surface area contributed by atoms with Gasteiger partial charge in [-0.25, -0.2) is 4.39 Å². The van der Waals surface area contributed by atoms with Gasteiger partial charge in [-0.15, -0.1) is 0 Å². The molecule has 2 rings (SSSR count). The minimum atomic E-state index is -0.550. The van der Waals surface area contributed by atoms with Crippen LogP contribution in [0.4, 0.5) is 4.39 Å². The monoisotopic (exact) mass is 265 g/mol. The minimum Gasteiger partial charge on any atom is -0.389 e. The molecule has 0 amide bonds. The summed E-state index contributed by atoms with van der Waals surface area (Å²) < 4.78 is 13.2. The summed E-state index contributed by atoms with van der Waals surface area (Å²) in [5, 5.41) is 13.8. The molecule has 1 fully saturated rings. The van der Waals surface area contributed by atoms with Crippen molar-refractivity contribution in [3.63, 3.8) is 0 Å². The molecule has 2 nitrogen and oxygen atoms in total. The van der Waals surface area contributed by atoms with E-state index >= 15 is 0 Å². The van der Waals surface area contributed by atoms with Gasteiger partial charge in [-0.1, -0.05) is 37.8 Å². The van der Waals surface area contributed by atoms with Gasteiger partial charge in [-0.05, 0) is 37.0 Å². The Hall–Kier alpha value is -0.930. The maximum Gasteiger partial charge on any atom is 0.126 e. The molecule has 0 spiro atoms. The predicted octanol–water partition coefficient (Wildman–Crippen LogP) is 3.31. The standard InChI is InChI=1S/C16H24FNO/c1-13-10-14(6-7-15(13)17)11-18-12-16(19)8-4-2-3-5-9-16/h6-7,10,18-19H,2-5,8-9,11-12H2,1H3. The van der Waals surface area contributed by atoms with E-state index in [0.717, 1.165) is 31.2 Å². The van der Waals surface area contributed by atoms with Gasteiger partial charge in [0.1, 0.15) is 5.82 Å². The smallest absolute Gasteiger partial charge is 0.126 e. The fourth-order valence-electron chi connectivity index (χ4n) is 2.82. The van der Waals surface area contributed by atoms with Crippen molar-refractivity contribution in [2.45, 2.75) is 57.6 Å². The Morgan fingerprint density at radius 3 is 2.53 bits per heavy atom. The summed E-state index contributed by atoms with van der Waals surface area (Å²) in [5.41, 5.74) is 1.19. The molecular formula is C16H24FNO. The molecule has 0 aliphatic heterocycles. The third-order valence-corrected chi connectivity index (χ3v) is 4.04. The van der Waals surface area contributed by atoms with E-state index in [1.54, 1.807) is 13.0 Å². The molecule has 0 bridgehead atoms. The molecule has 0 atom stereocenters. The van der Waals surface area contributed by atoms with E-state index in [9.17, 15) is 9.50 Å². The van der Waals surface area contributed by atoms with Crippen molar-refractivity contribution in [2.75, 3.05) is 6.54 Å². The second-order valence-corrected chi connectivity index (χ2v) is 5.83. The molecule has 0 saturated heterocycles. The van der Waals surface area contributed by atoms with Crippen LogP contribution in [0, 0.1) is 12.7 Å². The highest BCUT2D eigenvalue weighted by Gasteiger charge is 2.27. The molecule has 19 heavy (non-hydrogen) atoms. The van der Waals surface area contributed by atoms with E-state index in [1.807, 2.05) is 6.07 Å². The molecule has 1 aromatic rings. The number of hydrogen-bond acceptors (Lipinski definition) is 2. The fraction of sp³-hybridized carbons (Fsp3) is 0.625. The van der Waals surface area contributed by atoms with Crippen LogP contribution in [0.1, 0.15) is 49.7 Å². The summed E-state index contributed by atoms with van der Waals surface area (Å²) in [4.78, 5) is 0. The first kappa shape index (κ1) is 14.5. The van der Waals surface area contributed by atoms with Gasteiger partial charge < -0.3 is 10.4 Å².